The zero-order valence-corrected chi connectivity index (χ0v) is 13.9. The van der Waals surface area contributed by atoms with E-state index in [0.717, 1.165) is 30.1 Å². The molecule has 0 aromatic heterocycles. The van der Waals surface area contributed by atoms with Crippen LogP contribution in [0, 0.1) is 23.7 Å². The summed E-state index contributed by atoms with van der Waals surface area (Å²) >= 11 is 0. The molecule has 2 saturated carbocycles. The van der Waals surface area contributed by atoms with Crippen molar-refractivity contribution in [2.45, 2.75) is 71.6 Å². The second-order valence-electron chi connectivity index (χ2n) is 7.51. The third-order valence-corrected chi connectivity index (χ3v) is 5.73. The van der Waals surface area contributed by atoms with Crippen LogP contribution in [0.5, 0.6) is 0 Å². The second kappa shape index (κ2) is 8.00. The van der Waals surface area contributed by atoms with Crippen LogP contribution < -0.4 is 0 Å². The highest BCUT2D eigenvalue weighted by Gasteiger charge is 2.29. The molecule has 0 N–H and O–H groups in total. The maximum Gasteiger partial charge on any atom is 0.333 e. The first-order chi connectivity index (χ1) is 10.1. The Labute approximate surface area is 130 Å². The molecule has 0 amide bonds. The van der Waals surface area contributed by atoms with Gasteiger partial charge in [0.05, 0.1) is 6.61 Å². The summed E-state index contributed by atoms with van der Waals surface area (Å²) < 4.78 is 5.22. The average Bonchev–Trinajstić information content (AvgIpc) is 2.48. The monoisotopic (exact) mass is 292 g/mol. The van der Waals surface area contributed by atoms with Crippen LogP contribution in [-0.2, 0) is 9.53 Å². The van der Waals surface area contributed by atoms with Crippen LogP contribution in [0.3, 0.4) is 0 Å². The largest absolute Gasteiger partial charge is 0.462 e. The van der Waals surface area contributed by atoms with Gasteiger partial charge in [-0.3, -0.25) is 0 Å². The van der Waals surface area contributed by atoms with Gasteiger partial charge in [0.15, 0.2) is 0 Å². The van der Waals surface area contributed by atoms with Gasteiger partial charge in [-0.2, -0.15) is 0 Å². The van der Waals surface area contributed by atoms with Crippen molar-refractivity contribution in [1.29, 1.82) is 0 Å². The third kappa shape index (κ3) is 5.16. The van der Waals surface area contributed by atoms with Gasteiger partial charge in [0.2, 0.25) is 0 Å². The molecule has 0 unspecified atom stereocenters. The van der Waals surface area contributed by atoms with Crippen molar-refractivity contribution in [2.24, 2.45) is 23.7 Å². The summed E-state index contributed by atoms with van der Waals surface area (Å²) in [5.74, 6) is 3.47. The van der Waals surface area contributed by atoms with E-state index in [9.17, 15) is 4.79 Å². The molecule has 0 spiro atoms. The Morgan fingerprint density at radius 2 is 1.52 bits per heavy atom. The van der Waals surface area contributed by atoms with Crippen LogP contribution in [-0.4, -0.2) is 12.6 Å². The molecule has 0 bridgehead atoms. The van der Waals surface area contributed by atoms with E-state index < -0.39 is 0 Å². The van der Waals surface area contributed by atoms with Crippen LogP contribution >= 0.6 is 0 Å². The lowest BCUT2D eigenvalue weighted by Gasteiger charge is -2.37. The lowest BCUT2D eigenvalue weighted by molar-refractivity contribution is -0.139. The molecule has 0 radical (unpaired) electrons. The van der Waals surface area contributed by atoms with Gasteiger partial charge >= 0.3 is 5.97 Å². The smallest absolute Gasteiger partial charge is 0.333 e. The topological polar surface area (TPSA) is 26.3 Å². The summed E-state index contributed by atoms with van der Waals surface area (Å²) in [6.07, 6.45) is 12.3. The highest BCUT2D eigenvalue weighted by Crippen LogP contribution is 2.41. The van der Waals surface area contributed by atoms with E-state index in [1.165, 1.54) is 51.4 Å². The van der Waals surface area contributed by atoms with E-state index >= 15 is 0 Å². The van der Waals surface area contributed by atoms with E-state index in [0.29, 0.717) is 12.2 Å². The van der Waals surface area contributed by atoms with Crippen LogP contribution in [0.15, 0.2) is 12.2 Å². The summed E-state index contributed by atoms with van der Waals surface area (Å²) in [5.41, 5.74) is 0.505. The molecule has 2 rings (SSSR count). The van der Waals surface area contributed by atoms with Crippen LogP contribution in [0.2, 0.25) is 0 Å². The molecule has 0 saturated heterocycles. The first-order valence-electron chi connectivity index (χ1n) is 8.89. The van der Waals surface area contributed by atoms with E-state index in [-0.39, 0.29) is 5.97 Å². The summed E-state index contributed by atoms with van der Waals surface area (Å²) in [6.45, 7) is 8.29. The average molecular weight is 292 g/mol. The van der Waals surface area contributed by atoms with Crippen LogP contribution in [0.25, 0.3) is 0 Å². The van der Waals surface area contributed by atoms with Crippen molar-refractivity contribution in [3.8, 4) is 0 Å². The first kappa shape index (κ1) is 16.6. The minimum absolute atomic E-state index is 0.236. The molecule has 0 heterocycles. The highest BCUT2D eigenvalue weighted by molar-refractivity contribution is 5.86. The Kier molecular flexibility index (Phi) is 6.32. The zero-order valence-electron chi connectivity index (χ0n) is 13.9. The molecule has 0 aromatic rings. The number of rotatable bonds is 5. The first-order valence-corrected chi connectivity index (χ1v) is 8.89. The maximum atomic E-state index is 11.3. The third-order valence-electron chi connectivity index (χ3n) is 5.73. The Morgan fingerprint density at radius 1 is 1.00 bits per heavy atom. The van der Waals surface area contributed by atoms with Crippen molar-refractivity contribution in [1.82, 2.24) is 0 Å². The predicted molar refractivity (Wildman–Crippen MR) is 87.0 cm³/mol. The van der Waals surface area contributed by atoms with Gasteiger partial charge in [0.25, 0.3) is 0 Å². The van der Waals surface area contributed by atoms with Crippen molar-refractivity contribution < 1.29 is 9.53 Å². The van der Waals surface area contributed by atoms with Crippen molar-refractivity contribution >= 4 is 5.97 Å². The van der Waals surface area contributed by atoms with Gasteiger partial charge in [0.1, 0.15) is 0 Å². The number of hydrogen-bond donors (Lipinski definition) is 0. The van der Waals surface area contributed by atoms with E-state index in [1.807, 2.05) is 0 Å². The minimum atomic E-state index is -0.236. The summed E-state index contributed by atoms with van der Waals surface area (Å²) in [6, 6.07) is 0. The van der Waals surface area contributed by atoms with E-state index in [2.05, 4.69) is 13.5 Å². The molecule has 2 heteroatoms. The summed E-state index contributed by atoms with van der Waals surface area (Å²) in [5, 5.41) is 0. The molecule has 0 aliphatic heterocycles. The van der Waals surface area contributed by atoms with Crippen LogP contribution in [0.1, 0.15) is 71.6 Å². The normalized spacial score (nSPS) is 33.4. The standard InChI is InChI=1S/C19H32O2/c1-14(2)19(20)21-13-12-16-6-10-18(11-7-16)17-8-4-15(3)5-9-17/h15-18H,1,4-13H2,2-3H3. The predicted octanol–water partition coefficient (Wildman–Crippen LogP) is 5.13. The summed E-state index contributed by atoms with van der Waals surface area (Å²) in [7, 11) is 0. The SMILES string of the molecule is C=C(C)C(=O)OCCC1CCC(C2CCC(C)CC2)CC1. The Hall–Kier alpha value is -0.790. The Bertz CT molecular complexity index is 345. The minimum Gasteiger partial charge on any atom is -0.462 e. The highest BCUT2D eigenvalue weighted by atomic mass is 16.5. The number of ether oxygens (including phenoxy) is 1. The lowest BCUT2D eigenvalue weighted by Crippen LogP contribution is -2.25. The van der Waals surface area contributed by atoms with Crippen molar-refractivity contribution in [3.05, 3.63) is 12.2 Å². The molecule has 2 fully saturated rings. The van der Waals surface area contributed by atoms with Crippen molar-refractivity contribution in [2.75, 3.05) is 6.61 Å². The van der Waals surface area contributed by atoms with E-state index in [1.54, 1.807) is 6.92 Å². The molecule has 0 atom stereocenters. The second-order valence-corrected chi connectivity index (χ2v) is 7.51. The molecular weight excluding hydrogens is 260 g/mol. The fourth-order valence-electron chi connectivity index (χ4n) is 4.15. The van der Waals surface area contributed by atoms with Crippen LogP contribution in [0.4, 0.5) is 0 Å². The molecule has 120 valence electrons. The molecule has 21 heavy (non-hydrogen) atoms. The van der Waals surface area contributed by atoms with E-state index in [4.69, 9.17) is 4.74 Å². The van der Waals surface area contributed by atoms with Gasteiger partial charge in [-0.15, -0.1) is 0 Å². The molecular formula is C19H32O2. The number of hydrogen-bond acceptors (Lipinski definition) is 2. The fraction of sp³-hybridized carbons (Fsp3) is 0.842. The van der Waals surface area contributed by atoms with Gasteiger partial charge in [-0.1, -0.05) is 39.2 Å². The zero-order chi connectivity index (χ0) is 15.2. The van der Waals surface area contributed by atoms with Gasteiger partial charge in [0, 0.05) is 5.57 Å². The molecule has 0 aromatic carbocycles. The van der Waals surface area contributed by atoms with Crippen molar-refractivity contribution in [3.63, 3.8) is 0 Å². The van der Waals surface area contributed by atoms with Gasteiger partial charge in [-0.25, -0.2) is 4.79 Å². The number of carbonyl (C=O) groups excluding carboxylic acids is 1. The lowest BCUT2D eigenvalue weighted by atomic mass is 9.69. The fourth-order valence-corrected chi connectivity index (χ4v) is 4.15. The Morgan fingerprint density at radius 3 is 2.05 bits per heavy atom. The summed E-state index contributed by atoms with van der Waals surface area (Å²) in [4.78, 5) is 11.3. The van der Waals surface area contributed by atoms with Gasteiger partial charge < -0.3 is 4.74 Å². The number of carbonyl (C=O) groups is 1. The quantitative estimate of drug-likeness (QED) is 0.519. The Balaban J connectivity index is 1.62. The molecule has 2 aliphatic carbocycles. The molecule has 2 aliphatic rings. The molecule has 2 nitrogen and oxygen atoms in total. The maximum absolute atomic E-state index is 11.3. The van der Waals surface area contributed by atoms with Gasteiger partial charge in [-0.05, 0) is 62.7 Å². The number of esters is 1.